The third-order valence-electron chi connectivity index (χ3n) is 3.04. The summed E-state index contributed by atoms with van der Waals surface area (Å²) in [6.45, 7) is 3.56. The van der Waals surface area contributed by atoms with E-state index in [1.165, 1.54) is 12.1 Å². The summed E-state index contributed by atoms with van der Waals surface area (Å²) >= 11 is 7.55. The first-order chi connectivity index (χ1) is 9.79. The van der Waals surface area contributed by atoms with E-state index < -0.39 is 10.0 Å². The van der Waals surface area contributed by atoms with Gasteiger partial charge < -0.3 is 5.73 Å². The predicted molar refractivity (Wildman–Crippen MR) is 88.4 cm³/mol. The molecular weight excluding hydrogens is 328 g/mol. The van der Waals surface area contributed by atoms with Gasteiger partial charge in [-0.15, -0.1) is 0 Å². The minimum Gasteiger partial charge on any atom is -0.397 e. The fourth-order valence-electron chi connectivity index (χ4n) is 2.05. The number of rotatable bonds is 5. The van der Waals surface area contributed by atoms with E-state index in [1.54, 1.807) is 18.3 Å². The van der Waals surface area contributed by atoms with Crippen LogP contribution in [0.4, 0.5) is 5.69 Å². The first-order valence-corrected chi connectivity index (χ1v) is 9.19. The van der Waals surface area contributed by atoms with Crippen LogP contribution in [-0.2, 0) is 16.4 Å². The quantitative estimate of drug-likeness (QED) is 0.818. The smallest absolute Gasteiger partial charge is 0.240 e. The van der Waals surface area contributed by atoms with Crippen LogP contribution in [-0.4, -0.2) is 14.5 Å². The van der Waals surface area contributed by atoms with Crippen LogP contribution in [0.25, 0.3) is 0 Å². The van der Waals surface area contributed by atoms with Crippen molar-refractivity contribution in [3.05, 3.63) is 45.1 Å². The van der Waals surface area contributed by atoms with Crippen molar-refractivity contribution in [2.45, 2.75) is 31.2 Å². The number of nitrogen functional groups attached to an aromatic ring is 1. The number of aryl methyl sites for hydroxylation is 1. The molecule has 1 heterocycles. The highest BCUT2D eigenvalue weighted by Crippen LogP contribution is 2.26. The third kappa shape index (κ3) is 3.97. The summed E-state index contributed by atoms with van der Waals surface area (Å²) in [4.78, 5) is 0.138. The van der Waals surface area contributed by atoms with Gasteiger partial charge in [0.25, 0.3) is 0 Å². The monoisotopic (exact) mass is 344 g/mol. The number of hydrogen-bond acceptors (Lipinski definition) is 4. The Kier molecular flexibility index (Phi) is 4.93. The Morgan fingerprint density at radius 1 is 1.43 bits per heavy atom. The first kappa shape index (κ1) is 16.3. The molecule has 1 atom stereocenters. The maximum absolute atomic E-state index is 12.4. The maximum Gasteiger partial charge on any atom is 0.240 e. The topological polar surface area (TPSA) is 72.2 Å². The van der Waals surface area contributed by atoms with E-state index in [1.807, 2.05) is 23.8 Å². The highest BCUT2D eigenvalue weighted by atomic mass is 35.5. The molecule has 4 nitrogen and oxygen atoms in total. The second kappa shape index (κ2) is 6.36. The van der Waals surface area contributed by atoms with Gasteiger partial charge in [-0.05, 0) is 60.4 Å². The molecular formula is C14H17ClN2O2S2. The van der Waals surface area contributed by atoms with Gasteiger partial charge in [0.1, 0.15) is 0 Å². The molecule has 114 valence electrons. The van der Waals surface area contributed by atoms with Gasteiger partial charge in [-0.3, -0.25) is 0 Å². The number of benzene rings is 1. The molecule has 2 aromatic rings. The number of anilines is 1. The summed E-state index contributed by atoms with van der Waals surface area (Å²) in [7, 11) is -3.61. The highest BCUT2D eigenvalue weighted by Gasteiger charge is 2.19. The lowest BCUT2D eigenvalue weighted by Crippen LogP contribution is -2.34. The Labute approximate surface area is 134 Å². The van der Waals surface area contributed by atoms with Crippen LogP contribution in [0.5, 0.6) is 0 Å². The summed E-state index contributed by atoms with van der Waals surface area (Å²) in [6, 6.07) is 4.69. The van der Waals surface area contributed by atoms with Crippen LogP contribution in [0.15, 0.2) is 33.9 Å². The molecule has 3 N–H and O–H groups in total. The SMILES string of the molecule is Cc1cc(S(=O)(=O)NC(C)Cc2ccsc2)cc(N)c1Cl. The Hall–Kier alpha value is -1.08. The molecule has 0 bridgehead atoms. The highest BCUT2D eigenvalue weighted by molar-refractivity contribution is 7.89. The fraction of sp³-hybridized carbons (Fsp3) is 0.286. The van der Waals surface area contributed by atoms with Crippen molar-refractivity contribution in [1.29, 1.82) is 0 Å². The van der Waals surface area contributed by atoms with Crippen molar-refractivity contribution < 1.29 is 8.42 Å². The number of nitrogens with one attached hydrogen (secondary N) is 1. The maximum atomic E-state index is 12.4. The average molecular weight is 345 g/mol. The molecule has 0 aliphatic rings. The van der Waals surface area contributed by atoms with E-state index in [-0.39, 0.29) is 16.6 Å². The van der Waals surface area contributed by atoms with Gasteiger partial charge in [-0.2, -0.15) is 11.3 Å². The molecule has 0 saturated heterocycles. The molecule has 2 rings (SSSR count). The van der Waals surface area contributed by atoms with Gasteiger partial charge in [0, 0.05) is 6.04 Å². The molecule has 0 aliphatic carbocycles. The Morgan fingerprint density at radius 3 is 2.71 bits per heavy atom. The zero-order valence-corrected chi connectivity index (χ0v) is 14.1. The Bertz CT molecular complexity index is 704. The van der Waals surface area contributed by atoms with Crippen molar-refractivity contribution in [2.24, 2.45) is 0 Å². The molecule has 0 amide bonds. The van der Waals surface area contributed by atoms with Gasteiger partial charge >= 0.3 is 0 Å². The number of halogens is 1. The van der Waals surface area contributed by atoms with E-state index in [4.69, 9.17) is 17.3 Å². The van der Waals surface area contributed by atoms with Gasteiger partial charge in [0.05, 0.1) is 15.6 Å². The minimum atomic E-state index is -3.61. The zero-order chi connectivity index (χ0) is 15.6. The summed E-state index contributed by atoms with van der Waals surface area (Å²) in [6.07, 6.45) is 0.644. The molecule has 1 unspecified atom stereocenters. The van der Waals surface area contributed by atoms with Crippen molar-refractivity contribution in [3.63, 3.8) is 0 Å². The Balaban J connectivity index is 2.18. The second-order valence-corrected chi connectivity index (χ2v) is 7.87. The van der Waals surface area contributed by atoms with E-state index in [9.17, 15) is 8.42 Å². The number of thiophene rings is 1. The van der Waals surface area contributed by atoms with Crippen LogP contribution in [0.2, 0.25) is 5.02 Å². The molecule has 0 radical (unpaired) electrons. The van der Waals surface area contributed by atoms with Gasteiger partial charge in [0.2, 0.25) is 10.0 Å². The van der Waals surface area contributed by atoms with Crippen LogP contribution in [0, 0.1) is 6.92 Å². The first-order valence-electron chi connectivity index (χ1n) is 6.38. The molecule has 7 heteroatoms. The van der Waals surface area contributed by atoms with Gasteiger partial charge in [0.15, 0.2) is 0 Å². The van der Waals surface area contributed by atoms with Crippen LogP contribution in [0.3, 0.4) is 0 Å². The standard InChI is InChI=1S/C14H17ClN2O2S2/c1-9-5-12(7-13(16)14(9)15)21(18,19)17-10(2)6-11-3-4-20-8-11/h3-5,7-8,10,17H,6,16H2,1-2H3. The zero-order valence-electron chi connectivity index (χ0n) is 11.8. The summed E-state index contributed by atoms with van der Waals surface area (Å²) in [5, 5.41) is 4.37. The van der Waals surface area contributed by atoms with E-state index in [2.05, 4.69) is 4.72 Å². The molecule has 0 aliphatic heterocycles. The molecule has 0 fully saturated rings. The summed E-state index contributed by atoms with van der Waals surface area (Å²) < 4.78 is 27.4. The van der Waals surface area contributed by atoms with Crippen molar-refractivity contribution in [3.8, 4) is 0 Å². The molecule has 21 heavy (non-hydrogen) atoms. The van der Waals surface area contributed by atoms with Crippen molar-refractivity contribution >= 4 is 38.6 Å². The van der Waals surface area contributed by atoms with Gasteiger partial charge in [-0.25, -0.2) is 13.1 Å². The number of hydrogen-bond donors (Lipinski definition) is 2. The molecule has 0 saturated carbocycles. The lowest BCUT2D eigenvalue weighted by molar-refractivity contribution is 0.560. The molecule has 0 spiro atoms. The van der Waals surface area contributed by atoms with Gasteiger partial charge in [-0.1, -0.05) is 11.6 Å². The van der Waals surface area contributed by atoms with E-state index in [0.29, 0.717) is 17.0 Å². The third-order valence-corrected chi connectivity index (χ3v) is 5.86. The Morgan fingerprint density at radius 2 is 2.14 bits per heavy atom. The normalized spacial score (nSPS) is 13.3. The lowest BCUT2D eigenvalue weighted by Gasteiger charge is -2.15. The summed E-state index contributed by atoms with van der Waals surface area (Å²) in [5.41, 5.74) is 7.76. The summed E-state index contributed by atoms with van der Waals surface area (Å²) in [5.74, 6) is 0. The van der Waals surface area contributed by atoms with Crippen LogP contribution < -0.4 is 10.5 Å². The second-order valence-electron chi connectivity index (χ2n) is 5.00. The van der Waals surface area contributed by atoms with E-state index in [0.717, 1.165) is 5.56 Å². The minimum absolute atomic E-state index is 0.138. The lowest BCUT2D eigenvalue weighted by atomic mass is 10.1. The van der Waals surface area contributed by atoms with Crippen molar-refractivity contribution in [2.75, 3.05) is 5.73 Å². The van der Waals surface area contributed by atoms with E-state index >= 15 is 0 Å². The van der Waals surface area contributed by atoms with Crippen LogP contribution in [0.1, 0.15) is 18.1 Å². The fourth-order valence-corrected chi connectivity index (χ4v) is 4.21. The molecule has 1 aromatic heterocycles. The van der Waals surface area contributed by atoms with Crippen LogP contribution >= 0.6 is 22.9 Å². The predicted octanol–water partition coefficient (Wildman–Crippen LogP) is 3.20. The average Bonchev–Trinajstić information content (AvgIpc) is 2.87. The number of nitrogens with two attached hydrogens (primary N) is 1. The molecule has 1 aromatic carbocycles. The number of sulfonamides is 1. The largest absolute Gasteiger partial charge is 0.397 e. The van der Waals surface area contributed by atoms with Crippen molar-refractivity contribution in [1.82, 2.24) is 4.72 Å².